The van der Waals surface area contributed by atoms with Gasteiger partial charge in [0.25, 0.3) is 0 Å². The molecule has 0 saturated carbocycles. The van der Waals surface area contributed by atoms with Crippen molar-refractivity contribution in [3.8, 4) is 28.7 Å². The van der Waals surface area contributed by atoms with Gasteiger partial charge in [0.05, 0.1) is 40.1 Å². The van der Waals surface area contributed by atoms with Crippen molar-refractivity contribution in [2.24, 2.45) is 0 Å². The zero-order valence-corrected chi connectivity index (χ0v) is 23.3. The largest absolute Gasteiger partial charge is 0.493 e. The lowest BCUT2D eigenvalue weighted by Crippen LogP contribution is -2.10. The first-order valence-corrected chi connectivity index (χ1v) is 14.3. The first-order valence-electron chi connectivity index (χ1n) is 12.4. The highest BCUT2D eigenvalue weighted by atomic mass is 32.2. The molecule has 210 valence electrons. The van der Waals surface area contributed by atoms with Crippen LogP contribution in [0.25, 0.3) is 0 Å². The highest BCUT2D eigenvalue weighted by Crippen LogP contribution is 2.48. The van der Waals surface area contributed by atoms with E-state index in [9.17, 15) is 8.42 Å². The van der Waals surface area contributed by atoms with Gasteiger partial charge >= 0.3 is 0 Å². The van der Waals surface area contributed by atoms with E-state index >= 15 is 0 Å². The zero-order chi connectivity index (χ0) is 27.7. The molecule has 0 radical (unpaired) electrons. The number of hydrogen-bond donors (Lipinski definition) is 2. The molecule has 11 heteroatoms. The van der Waals surface area contributed by atoms with Gasteiger partial charge < -0.3 is 33.6 Å². The lowest BCUT2D eigenvalue weighted by molar-refractivity contribution is 0.0435. The summed E-state index contributed by atoms with van der Waals surface area (Å²) in [5.74, 6) is 2.07. The number of methoxy groups -OCH3 is 3. The van der Waals surface area contributed by atoms with Gasteiger partial charge in [-0.05, 0) is 54.7 Å². The number of benzene rings is 2. The van der Waals surface area contributed by atoms with Crippen LogP contribution < -0.4 is 29.2 Å². The Morgan fingerprint density at radius 2 is 1.53 bits per heavy atom. The molecule has 1 aliphatic rings. The molecule has 10 nitrogen and oxygen atoms in total. The summed E-state index contributed by atoms with van der Waals surface area (Å²) in [6, 6.07) is 7.11. The lowest BCUT2D eigenvalue weighted by Gasteiger charge is -2.20. The van der Waals surface area contributed by atoms with Gasteiger partial charge in [0.2, 0.25) is 5.75 Å². The van der Waals surface area contributed by atoms with Crippen molar-refractivity contribution in [2.45, 2.75) is 43.3 Å². The summed E-state index contributed by atoms with van der Waals surface area (Å²) in [4.78, 5) is 0.0549. The average Bonchev–Trinajstić information content (AvgIpc) is 3.40. The van der Waals surface area contributed by atoms with Crippen LogP contribution in [0.15, 0.2) is 41.3 Å². The summed E-state index contributed by atoms with van der Waals surface area (Å²) in [7, 11) is 1.03. The number of hydrogen-bond acceptors (Lipinski definition) is 10. The summed E-state index contributed by atoms with van der Waals surface area (Å²) in [6.07, 6.45) is 6.01. The van der Waals surface area contributed by atoms with Crippen molar-refractivity contribution in [2.75, 3.05) is 47.3 Å². The predicted molar refractivity (Wildman–Crippen MR) is 142 cm³/mol. The Morgan fingerprint density at radius 3 is 2.05 bits per heavy atom. The number of hydroxylamine groups is 1. The molecule has 1 aliphatic heterocycles. The molecule has 3 rings (SSSR count). The van der Waals surface area contributed by atoms with Gasteiger partial charge in [-0.3, -0.25) is 0 Å². The van der Waals surface area contributed by atoms with Crippen molar-refractivity contribution < 1.29 is 42.0 Å². The fourth-order valence-corrected chi connectivity index (χ4v) is 5.12. The van der Waals surface area contributed by atoms with E-state index in [0.29, 0.717) is 54.4 Å². The fraction of sp³-hybridized carbons (Fsp3) is 0.481. The van der Waals surface area contributed by atoms with Crippen molar-refractivity contribution in [3.05, 3.63) is 47.5 Å². The Hall–Kier alpha value is -2.99. The minimum Gasteiger partial charge on any atom is -0.493 e. The monoisotopic (exact) mass is 551 g/mol. The molecule has 0 amide bonds. The van der Waals surface area contributed by atoms with E-state index in [0.717, 1.165) is 11.8 Å². The molecule has 1 heterocycles. The van der Waals surface area contributed by atoms with Gasteiger partial charge in [-0.1, -0.05) is 19.1 Å². The summed E-state index contributed by atoms with van der Waals surface area (Å²) >= 11 is 0. The van der Waals surface area contributed by atoms with Gasteiger partial charge in [-0.15, -0.1) is 0 Å². The molecular formula is C27H37NO9S. The molecule has 2 aromatic rings. The smallest absolute Gasteiger partial charge is 0.203 e. The molecule has 2 aromatic carbocycles. The summed E-state index contributed by atoms with van der Waals surface area (Å²) in [5, 5.41) is 8.73. The highest BCUT2D eigenvalue weighted by molar-refractivity contribution is 7.90. The van der Waals surface area contributed by atoms with Gasteiger partial charge in [0.15, 0.2) is 32.8 Å². The van der Waals surface area contributed by atoms with E-state index in [1.807, 2.05) is 24.5 Å². The molecule has 1 saturated heterocycles. The molecule has 0 spiro atoms. The van der Waals surface area contributed by atoms with Crippen molar-refractivity contribution in [3.63, 3.8) is 0 Å². The van der Waals surface area contributed by atoms with Crippen LogP contribution in [0.3, 0.4) is 0 Å². The predicted octanol–water partition coefficient (Wildman–Crippen LogP) is 4.41. The van der Waals surface area contributed by atoms with E-state index < -0.39 is 9.84 Å². The summed E-state index contributed by atoms with van der Waals surface area (Å²) < 4.78 is 60.1. The van der Waals surface area contributed by atoms with E-state index in [1.54, 1.807) is 45.6 Å². The Labute approximate surface area is 224 Å². The standard InChI is InChI=1S/C27H37NO9S/c1-6-12-36-27-24(35-13-8-7-11-28-29)16-19(17-25(27)38(5,30)31)21-10-9-20(37-21)18-14-22(32-2)26(34-4)23(15-18)33-3/h7-8,14-17,20-21,28-29H,6,9-13H2,1-5H3/b8-7+/t20-,21-/m0/s1. The molecule has 0 unspecified atom stereocenters. The van der Waals surface area contributed by atoms with Crippen LogP contribution >= 0.6 is 0 Å². The second kappa shape index (κ2) is 13.7. The molecule has 2 N–H and O–H groups in total. The number of nitrogens with one attached hydrogen (secondary N) is 1. The van der Waals surface area contributed by atoms with Crippen LogP contribution in [-0.2, 0) is 14.6 Å². The molecule has 2 atom stereocenters. The first kappa shape index (κ1) is 29.6. The SMILES string of the molecule is CCCOc1c(OC/C=C/CNO)cc([C@@H]2CC[C@@H](c3cc(OC)c(OC)c(OC)c3)O2)cc1S(C)(=O)=O. The van der Waals surface area contributed by atoms with Crippen LogP contribution in [0.1, 0.15) is 49.5 Å². The second-order valence-corrected chi connectivity index (χ2v) is 10.7. The van der Waals surface area contributed by atoms with E-state index in [2.05, 4.69) is 0 Å². The molecular weight excluding hydrogens is 514 g/mol. The third-order valence-corrected chi connectivity index (χ3v) is 7.16. The average molecular weight is 552 g/mol. The van der Waals surface area contributed by atoms with Gasteiger partial charge in [-0.2, -0.15) is 0 Å². The fourth-order valence-electron chi connectivity index (χ4n) is 4.27. The van der Waals surface area contributed by atoms with Crippen molar-refractivity contribution in [1.82, 2.24) is 5.48 Å². The Morgan fingerprint density at radius 1 is 0.921 bits per heavy atom. The molecule has 1 fully saturated rings. The number of rotatable bonds is 14. The van der Waals surface area contributed by atoms with Crippen molar-refractivity contribution >= 4 is 9.84 Å². The molecule has 0 bridgehead atoms. The molecule has 0 aliphatic carbocycles. The maximum Gasteiger partial charge on any atom is 0.203 e. The maximum atomic E-state index is 12.8. The minimum absolute atomic E-state index is 0.0549. The maximum absolute atomic E-state index is 12.8. The van der Waals surface area contributed by atoms with Gasteiger partial charge in [0.1, 0.15) is 11.5 Å². The van der Waals surface area contributed by atoms with Gasteiger partial charge in [-0.25, -0.2) is 13.9 Å². The zero-order valence-electron chi connectivity index (χ0n) is 22.5. The quantitative estimate of drug-likeness (QED) is 0.258. The first-order chi connectivity index (χ1) is 18.3. The van der Waals surface area contributed by atoms with E-state index in [-0.39, 0.29) is 36.0 Å². The number of ether oxygens (including phenoxy) is 6. The Kier molecular flexibility index (Phi) is 10.7. The van der Waals surface area contributed by atoms with E-state index in [4.69, 9.17) is 33.6 Å². The Bertz CT molecular complexity index is 1190. The second-order valence-electron chi connectivity index (χ2n) is 8.76. The van der Waals surface area contributed by atoms with Crippen LogP contribution in [0.4, 0.5) is 0 Å². The van der Waals surface area contributed by atoms with E-state index in [1.165, 1.54) is 0 Å². The van der Waals surface area contributed by atoms with Crippen LogP contribution in [0.5, 0.6) is 28.7 Å². The Balaban J connectivity index is 1.96. The van der Waals surface area contributed by atoms with Crippen LogP contribution in [0, 0.1) is 0 Å². The normalized spacial score (nSPS) is 17.5. The third-order valence-electron chi connectivity index (χ3n) is 6.05. The lowest BCUT2D eigenvalue weighted by atomic mass is 10.0. The molecule has 0 aromatic heterocycles. The topological polar surface area (TPSA) is 122 Å². The highest BCUT2D eigenvalue weighted by Gasteiger charge is 2.32. The van der Waals surface area contributed by atoms with Gasteiger partial charge in [0, 0.05) is 12.8 Å². The van der Waals surface area contributed by atoms with Crippen LogP contribution in [0.2, 0.25) is 0 Å². The number of sulfone groups is 1. The minimum atomic E-state index is -3.64. The summed E-state index contributed by atoms with van der Waals surface area (Å²) in [6.45, 7) is 2.70. The summed E-state index contributed by atoms with van der Waals surface area (Å²) in [5.41, 5.74) is 3.58. The van der Waals surface area contributed by atoms with Crippen LogP contribution in [-0.4, -0.2) is 61.0 Å². The third kappa shape index (κ3) is 7.10. The van der Waals surface area contributed by atoms with Crippen molar-refractivity contribution in [1.29, 1.82) is 0 Å². The molecule has 38 heavy (non-hydrogen) atoms.